The van der Waals surface area contributed by atoms with Gasteiger partial charge < -0.3 is 0 Å². The van der Waals surface area contributed by atoms with Gasteiger partial charge in [0, 0.05) is 18.0 Å². The molecule has 2 rings (SSSR count). The van der Waals surface area contributed by atoms with Crippen LogP contribution in [-0.2, 0) is 0 Å². The van der Waals surface area contributed by atoms with E-state index in [0.29, 0.717) is 11.4 Å². The maximum atomic E-state index is 11.0. The van der Waals surface area contributed by atoms with Crippen LogP contribution in [0.15, 0.2) is 29.3 Å². The number of nitrogens with zero attached hydrogens (tertiary/aromatic N) is 3. The van der Waals surface area contributed by atoms with Gasteiger partial charge in [-0.2, -0.15) is 9.97 Å². The van der Waals surface area contributed by atoms with E-state index in [2.05, 4.69) is 19.9 Å². The summed E-state index contributed by atoms with van der Waals surface area (Å²) in [4.78, 5) is 24.6. The summed E-state index contributed by atoms with van der Waals surface area (Å²) in [6.45, 7) is 0. The summed E-state index contributed by atoms with van der Waals surface area (Å²) in [5, 5.41) is 0.0248. The molecule has 2 aromatic rings. The molecule has 0 aromatic carbocycles. The molecule has 0 bridgehead atoms. The highest BCUT2D eigenvalue weighted by atomic mass is 35.5. The Balaban J connectivity index is 2.58. The van der Waals surface area contributed by atoms with Crippen molar-refractivity contribution in [2.75, 3.05) is 0 Å². The molecule has 0 unspecified atom stereocenters. The first kappa shape index (κ1) is 8.83. The fourth-order valence-corrected chi connectivity index (χ4v) is 1.15. The SMILES string of the molecule is O=c1nc(-c2ccncc2)nc(Cl)[nH]1. The summed E-state index contributed by atoms with van der Waals surface area (Å²) in [6.07, 6.45) is 3.18. The first-order valence-corrected chi connectivity index (χ1v) is 4.18. The van der Waals surface area contributed by atoms with Gasteiger partial charge in [0.15, 0.2) is 5.82 Å². The number of H-pyrrole nitrogens is 1. The van der Waals surface area contributed by atoms with Crippen LogP contribution in [0.2, 0.25) is 5.28 Å². The fraction of sp³-hybridized carbons (Fsp3) is 0. The smallest absolute Gasteiger partial charge is 0.280 e. The van der Waals surface area contributed by atoms with Crippen LogP contribution in [0.4, 0.5) is 0 Å². The number of rotatable bonds is 1. The molecule has 2 aromatic heterocycles. The molecular formula is C8H5ClN4O. The van der Waals surface area contributed by atoms with Gasteiger partial charge in [0.05, 0.1) is 0 Å². The van der Waals surface area contributed by atoms with E-state index in [1.165, 1.54) is 0 Å². The number of pyridine rings is 1. The van der Waals surface area contributed by atoms with Crippen molar-refractivity contribution in [1.29, 1.82) is 0 Å². The van der Waals surface area contributed by atoms with Gasteiger partial charge in [0.25, 0.3) is 0 Å². The maximum absolute atomic E-state index is 11.0. The molecule has 0 saturated heterocycles. The number of hydrogen-bond acceptors (Lipinski definition) is 4. The highest BCUT2D eigenvalue weighted by molar-refractivity contribution is 6.28. The summed E-state index contributed by atoms with van der Waals surface area (Å²) in [5.74, 6) is 0.293. The molecule has 1 N–H and O–H groups in total. The van der Waals surface area contributed by atoms with Crippen molar-refractivity contribution in [3.8, 4) is 11.4 Å². The van der Waals surface area contributed by atoms with Crippen LogP contribution < -0.4 is 5.69 Å². The molecule has 0 fully saturated rings. The maximum Gasteiger partial charge on any atom is 0.349 e. The van der Waals surface area contributed by atoms with Gasteiger partial charge in [-0.15, -0.1) is 0 Å². The number of nitrogens with one attached hydrogen (secondary N) is 1. The van der Waals surface area contributed by atoms with Crippen LogP contribution in [0.5, 0.6) is 0 Å². The molecular weight excluding hydrogens is 204 g/mol. The second kappa shape index (κ2) is 3.55. The lowest BCUT2D eigenvalue weighted by Crippen LogP contribution is -2.12. The lowest BCUT2D eigenvalue weighted by molar-refractivity contribution is 0.994. The van der Waals surface area contributed by atoms with E-state index < -0.39 is 5.69 Å². The Bertz CT molecular complexity index is 496. The van der Waals surface area contributed by atoms with E-state index in [4.69, 9.17) is 11.6 Å². The molecule has 5 nitrogen and oxygen atoms in total. The van der Waals surface area contributed by atoms with E-state index in [0.717, 1.165) is 0 Å². The van der Waals surface area contributed by atoms with Crippen molar-refractivity contribution >= 4 is 11.6 Å². The molecule has 0 aliphatic carbocycles. The van der Waals surface area contributed by atoms with Gasteiger partial charge in [-0.1, -0.05) is 0 Å². The Morgan fingerprint density at radius 2 is 1.93 bits per heavy atom. The van der Waals surface area contributed by atoms with Crippen molar-refractivity contribution < 1.29 is 0 Å². The van der Waals surface area contributed by atoms with Crippen LogP contribution in [-0.4, -0.2) is 19.9 Å². The molecule has 0 spiro atoms. The van der Waals surface area contributed by atoms with E-state index in [-0.39, 0.29) is 5.28 Å². The largest absolute Gasteiger partial charge is 0.349 e. The number of aromatic amines is 1. The van der Waals surface area contributed by atoms with Gasteiger partial charge in [-0.25, -0.2) is 4.79 Å². The quantitative estimate of drug-likeness (QED) is 0.755. The average Bonchev–Trinajstić information content (AvgIpc) is 2.18. The molecule has 6 heteroatoms. The van der Waals surface area contributed by atoms with Crippen LogP contribution in [0.25, 0.3) is 11.4 Å². The third kappa shape index (κ3) is 1.77. The normalized spacial score (nSPS) is 10.1. The minimum absolute atomic E-state index is 0.0248. The van der Waals surface area contributed by atoms with Gasteiger partial charge in [-0.3, -0.25) is 9.97 Å². The monoisotopic (exact) mass is 208 g/mol. The van der Waals surface area contributed by atoms with Crippen LogP contribution in [0.1, 0.15) is 0 Å². The van der Waals surface area contributed by atoms with Gasteiger partial charge in [0.2, 0.25) is 5.28 Å². The Morgan fingerprint density at radius 3 is 2.57 bits per heavy atom. The Morgan fingerprint density at radius 1 is 1.21 bits per heavy atom. The first-order valence-electron chi connectivity index (χ1n) is 3.80. The number of hydrogen-bond donors (Lipinski definition) is 1. The zero-order chi connectivity index (χ0) is 9.97. The van der Waals surface area contributed by atoms with Crippen LogP contribution in [0.3, 0.4) is 0 Å². The van der Waals surface area contributed by atoms with Gasteiger partial charge >= 0.3 is 5.69 Å². The molecule has 0 aliphatic heterocycles. The van der Waals surface area contributed by atoms with Crippen molar-refractivity contribution in [1.82, 2.24) is 19.9 Å². The van der Waals surface area contributed by atoms with E-state index in [1.54, 1.807) is 24.5 Å². The molecule has 70 valence electrons. The minimum Gasteiger partial charge on any atom is -0.280 e. The van der Waals surface area contributed by atoms with Gasteiger partial charge in [-0.05, 0) is 23.7 Å². The predicted molar refractivity (Wildman–Crippen MR) is 50.9 cm³/mol. The second-order valence-corrected chi connectivity index (χ2v) is 2.86. The molecule has 0 radical (unpaired) electrons. The standard InChI is InChI=1S/C8H5ClN4O/c9-7-11-6(12-8(14)13-7)5-1-3-10-4-2-5/h1-4H,(H,11,12,13,14). The third-order valence-electron chi connectivity index (χ3n) is 1.56. The Kier molecular flexibility index (Phi) is 2.24. The third-order valence-corrected chi connectivity index (χ3v) is 1.74. The lowest BCUT2D eigenvalue weighted by atomic mass is 10.2. The van der Waals surface area contributed by atoms with E-state index in [9.17, 15) is 4.79 Å². The van der Waals surface area contributed by atoms with Gasteiger partial charge in [0.1, 0.15) is 0 Å². The molecule has 0 atom stereocenters. The van der Waals surface area contributed by atoms with Crippen molar-refractivity contribution in [3.63, 3.8) is 0 Å². The van der Waals surface area contributed by atoms with E-state index >= 15 is 0 Å². The Hall–Kier alpha value is -1.75. The highest BCUT2D eigenvalue weighted by Crippen LogP contribution is 2.11. The zero-order valence-corrected chi connectivity index (χ0v) is 7.69. The van der Waals surface area contributed by atoms with Crippen molar-refractivity contribution in [3.05, 3.63) is 40.3 Å². The minimum atomic E-state index is -0.517. The molecule has 0 aliphatic rings. The summed E-state index contributed by atoms with van der Waals surface area (Å²) >= 11 is 5.58. The number of aromatic nitrogens is 4. The molecule has 2 heterocycles. The van der Waals surface area contributed by atoms with Crippen LogP contribution >= 0.6 is 11.6 Å². The summed E-state index contributed by atoms with van der Waals surface area (Å²) < 4.78 is 0. The molecule has 14 heavy (non-hydrogen) atoms. The molecule has 0 amide bonds. The first-order chi connectivity index (χ1) is 6.75. The summed E-state index contributed by atoms with van der Waals surface area (Å²) in [7, 11) is 0. The molecule has 0 saturated carbocycles. The Labute approximate surface area is 83.8 Å². The van der Waals surface area contributed by atoms with E-state index in [1.807, 2.05) is 0 Å². The van der Waals surface area contributed by atoms with Crippen molar-refractivity contribution in [2.24, 2.45) is 0 Å². The number of halogens is 1. The van der Waals surface area contributed by atoms with Crippen molar-refractivity contribution in [2.45, 2.75) is 0 Å². The summed E-state index contributed by atoms with van der Waals surface area (Å²) in [5.41, 5.74) is 0.185. The topological polar surface area (TPSA) is 71.5 Å². The lowest BCUT2D eigenvalue weighted by Gasteiger charge is -1.97. The zero-order valence-electron chi connectivity index (χ0n) is 6.94. The highest BCUT2D eigenvalue weighted by Gasteiger charge is 2.02. The summed E-state index contributed by atoms with van der Waals surface area (Å²) in [6, 6.07) is 3.40. The average molecular weight is 209 g/mol. The fourth-order valence-electron chi connectivity index (χ4n) is 0.988. The van der Waals surface area contributed by atoms with Crippen LogP contribution in [0, 0.1) is 0 Å². The predicted octanol–water partition coefficient (Wildman–Crippen LogP) is 0.880. The second-order valence-electron chi connectivity index (χ2n) is 2.50.